The summed E-state index contributed by atoms with van der Waals surface area (Å²) >= 11 is 0. The fraction of sp³-hybridized carbons (Fsp3) is 0.632. The molecule has 1 amide bonds. The Labute approximate surface area is 150 Å². The van der Waals surface area contributed by atoms with Crippen LogP contribution in [0.4, 0.5) is 0 Å². The predicted molar refractivity (Wildman–Crippen MR) is 97.7 cm³/mol. The largest absolute Gasteiger partial charge is 0.353 e. The summed E-state index contributed by atoms with van der Waals surface area (Å²) in [5, 5.41) is 3.14. The number of sulfonamides is 1. The minimum Gasteiger partial charge on any atom is -0.353 e. The molecule has 1 aromatic rings. The van der Waals surface area contributed by atoms with Crippen LogP contribution in [-0.4, -0.2) is 37.8 Å². The van der Waals surface area contributed by atoms with Crippen molar-refractivity contribution in [1.82, 2.24) is 9.62 Å². The van der Waals surface area contributed by atoms with Gasteiger partial charge in [0, 0.05) is 25.0 Å². The maximum Gasteiger partial charge on any atom is 0.243 e. The van der Waals surface area contributed by atoms with Gasteiger partial charge in [-0.05, 0) is 49.8 Å². The molecule has 1 aliphatic carbocycles. The minimum atomic E-state index is -3.46. The molecule has 2 fully saturated rings. The highest BCUT2D eigenvalue weighted by Gasteiger charge is 2.32. The van der Waals surface area contributed by atoms with Gasteiger partial charge < -0.3 is 5.32 Å². The first-order valence-corrected chi connectivity index (χ1v) is 10.8. The van der Waals surface area contributed by atoms with Crippen molar-refractivity contribution in [2.45, 2.75) is 62.8 Å². The van der Waals surface area contributed by atoms with E-state index in [0.29, 0.717) is 36.9 Å². The second kappa shape index (κ2) is 7.87. The topological polar surface area (TPSA) is 66.5 Å². The number of amides is 1. The van der Waals surface area contributed by atoms with Gasteiger partial charge in [-0.2, -0.15) is 4.31 Å². The van der Waals surface area contributed by atoms with Crippen molar-refractivity contribution in [1.29, 1.82) is 0 Å². The number of hydrogen-bond acceptors (Lipinski definition) is 3. The Morgan fingerprint density at radius 1 is 1.08 bits per heavy atom. The lowest BCUT2D eigenvalue weighted by Crippen LogP contribution is -2.44. The maximum absolute atomic E-state index is 12.8. The Balaban J connectivity index is 1.57. The van der Waals surface area contributed by atoms with Crippen LogP contribution in [0.1, 0.15) is 51.0 Å². The fourth-order valence-corrected chi connectivity index (χ4v) is 5.26. The van der Waals surface area contributed by atoms with Crippen LogP contribution in [-0.2, 0) is 21.2 Å². The highest BCUT2D eigenvalue weighted by atomic mass is 32.2. The zero-order chi connectivity index (χ0) is 17.9. The van der Waals surface area contributed by atoms with Gasteiger partial charge in [-0.3, -0.25) is 4.79 Å². The molecular formula is C19H28N2O3S. The van der Waals surface area contributed by atoms with E-state index >= 15 is 0 Å². The van der Waals surface area contributed by atoms with Gasteiger partial charge in [-0.1, -0.05) is 31.9 Å². The third-order valence-corrected chi connectivity index (χ3v) is 7.41. The maximum atomic E-state index is 12.8. The number of nitrogens with one attached hydrogen (secondary N) is 1. The van der Waals surface area contributed by atoms with Crippen molar-refractivity contribution in [2.75, 3.05) is 13.1 Å². The van der Waals surface area contributed by atoms with Crippen molar-refractivity contribution in [2.24, 2.45) is 5.92 Å². The third-order valence-electron chi connectivity index (χ3n) is 5.50. The molecule has 1 saturated carbocycles. The smallest absolute Gasteiger partial charge is 0.243 e. The van der Waals surface area contributed by atoms with Crippen LogP contribution in [0.25, 0.3) is 0 Å². The first-order chi connectivity index (χ1) is 12.0. The van der Waals surface area contributed by atoms with Gasteiger partial charge in [-0.15, -0.1) is 0 Å². The van der Waals surface area contributed by atoms with Crippen molar-refractivity contribution in [3.05, 3.63) is 29.8 Å². The molecule has 3 rings (SSSR count). The van der Waals surface area contributed by atoms with E-state index in [1.807, 2.05) is 19.1 Å². The molecule has 2 aliphatic rings. The molecule has 1 aliphatic heterocycles. The standard InChI is InChI=1S/C19H28N2O3S/c1-2-15-7-9-18(10-8-15)25(23,24)21-13-11-16(12-14-21)19(22)20-17-5-3-4-6-17/h7-10,16-17H,2-6,11-14H2,1H3,(H,20,22). The Morgan fingerprint density at radius 3 is 2.24 bits per heavy atom. The number of carbonyl (C=O) groups excluding carboxylic acids is 1. The fourth-order valence-electron chi connectivity index (χ4n) is 3.79. The number of rotatable bonds is 5. The lowest BCUT2D eigenvalue weighted by molar-refractivity contribution is -0.126. The lowest BCUT2D eigenvalue weighted by atomic mass is 9.97. The zero-order valence-corrected chi connectivity index (χ0v) is 15.7. The van der Waals surface area contributed by atoms with Gasteiger partial charge in [0.1, 0.15) is 0 Å². The van der Waals surface area contributed by atoms with Crippen LogP contribution in [0.15, 0.2) is 29.2 Å². The van der Waals surface area contributed by atoms with Crippen molar-refractivity contribution >= 4 is 15.9 Å². The van der Waals surface area contributed by atoms with Gasteiger partial charge in [0.2, 0.25) is 15.9 Å². The summed E-state index contributed by atoms with van der Waals surface area (Å²) in [6.07, 6.45) is 6.63. The number of benzene rings is 1. The molecule has 25 heavy (non-hydrogen) atoms. The van der Waals surface area contributed by atoms with E-state index in [-0.39, 0.29) is 11.8 Å². The molecule has 0 unspecified atom stereocenters. The van der Waals surface area contributed by atoms with E-state index < -0.39 is 10.0 Å². The van der Waals surface area contributed by atoms with Gasteiger partial charge in [0.25, 0.3) is 0 Å². The van der Waals surface area contributed by atoms with Gasteiger partial charge in [0.15, 0.2) is 0 Å². The quantitative estimate of drug-likeness (QED) is 0.873. The summed E-state index contributed by atoms with van der Waals surface area (Å²) in [5.74, 6) is 0.0470. The van der Waals surface area contributed by atoms with E-state index in [1.165, 1.54) is 17.1 Å². The molecule has 1 N–H and O–H groups in total. The van der Waals surface area contributed by atoms with Crippen LogP contribution in [0.5, 0.6) is 0 Å². The second-order valence-corrected chi connectivity index (χ2v) is 9.10. The summed E-state index contributed by atoms with van der Waals surface area (Å²) in [7, 11) is -3.46. The number of hydrogen-bond donors (Lipinski definition) is 1. The molecule has 6 heteroatoms. The normalized spacial score (nSPS) is 20.7. The van der Waals surface area contributed by atoms with E-state index in [9.17, 15) is 13.2 Å². The van der Waals surface area contributed by atoms with Crippen LogP contribution >= 0.6 is 0 Å². The van der Waals surface area contributed by atoms with Crippen LogP contribution < -0.4 is 5.32 Å². The summed E-state index contributed by atoms with van der Waals surface area (Å²) in [6, 6.07) is 7.44. The van der Waals surface area contributed by atoms with E-state index in [2.05, 4.69) is 5.32 Å². The van der Waals surface area contributed by atoms with Gasteiger partial charge in [0.05, 0.1) is 4.90 Å². The first kappa shape index (κ1) is 18.4. The molecule has 0 aromatic heterocycles. The van der Waals surface area contributed by atoms with Gasteiger partial charge in [-0.25, -0.2) is 8.42 Å². The number of nitrogens with zero attached hydrogens (tertiary/aromatic N) is 1. The van der Waals surface area contributed by atoms with Gasteiger partial charge >= 0.3 is 0 Å². The minimum absolute atomic E-state index is 0.0606. The first-order valence-electron chi connectivity index (χ1n) is 9.40. The predicted octanol–water partition coefficient (Wildman–Crippen LogP) is 2.71. The Bertz CT molecular complexity index is 686. The molecule has 0 spiro atoms. The monoisotopic (exact) mass is 364 g/mol. The molecule has 1 aromatic carbocycles. The van der Waals surface area contributed by atoms with Crippen LogP contribution in [0.3, 0.4) is 0 Å². The Hall–Kier alpha value is -1.40. The van der Waals surface area contributed by atoms with E-state index in [0.717, 1.165) is 24.8 Å². The van der Waals surface area contributed by atoms with Crippen LogP contribution in [0.2, 0.25) is 0 Å². The van der Waals surface area contributed by atoms with Crippen molar-refractivity contribution in [3.8, 4) is 0 Å². The molecule has 5 nitrogen and oxygen atoms in total. The average molecular weight is 365 g/mol. The molecule has 0 radical (unpaired) electrons. The number of aryl methyl sites for hydroxylation is 1. The Kier molecular flexibility index (Phi) is 5.79. The summed E-state index contributed by atoms with van der Waals surface area (Å²) in [4.78, 5) is 12.7. The molecular weight excluding hydrogens is 336 g/mol. The summed E-state index contributed by atoms with van der Waals surface area (Å²) < 4.78 is 27.1. The number of carbonyl (C=O) groups is 1. The second-order valence-electron chi connectivity index (χ2n) is 7.17. The lowest BCUT2D eigenvalue weighted by Gasteiger charge is -2.31. The third kappa shape index (κ3) is 4.23. The van der Waals surface area contributed by atoms with Crippen molar-refractivity contribution in [3.63, 3.8) is 0 Å². The highest BCUT2D eigenvalue weighted by Crippen LogP contribution is 2.25. The SMILES string of the molecule is CCc1ccc(S(=O)(=O)N2CCC(C(=O)NC3CCCC3)CC2)cc1. The molecule has 1 heterocycles. The highest BCUT2D eigenvalue weighted by molar-refractivity contribution is 7.89. The molecule has 1 saturated heterocycles. The molecule has 138 valence electrons. The molecule has 0 atom stereocenters. The number of piperidine rings is 1. The zero-order valence-electron chi connectivity index (χ0n) is 14.9. The Morgan fingerprint density at radius 2 is 1.68 bits per heavy atom. The van der Waals surface area contributed by atoms with Crippen molar-refractivity contribution < 1.29 is 13.2 Å². The average Bonchev–Trinajstić information content (AvgIpc) is 3.15. The summed E-state index contributed by atoms with van der Waals surface area (Å²) in [6.45, 7) is 2.88. The van der Waals surface area contributed by atoms with Crippen LogP contribution in [0, 0.1) is 5.92 Å². The summed E-state index contributed by atoms with van der Waals surface area (Å²) in [5.41, 5.74) is 1.13. The molecule has 0 bridgehead atoms. The van der Waals surface area contributed by atoms with E-state index in [4.69, 9.17) is 0 Å². The van der Waals surface area contributed by atoms with E-state index in [1.54, 1.807) is 12.1 Å².